The lowest BCUT2D eigenvalue weighted by molar-refractivity contribution is -0.138. The molecule has 4 aliphatic rings. The standard InChI is InChI=1S/C34H27Cl2FN2O6/c1-38-29(41)24-14-13-22-25(27(24)30(38)42)16-33(35)31(43)39(20-9-7-19(37)8-10-20)32(44)34(33,36)28(22)23-12-11-21(15-26(23)40)45-17-18-5-3-2-4-6-18/h2-13,15,24-25,27-28,40H,14,16-17H2,1H3. The molecule has 2 aliphatic heterocycles. The summed E-state index contributed by atoms with van der Waals surface area (Å²) in [7, 11) is 1.42. The molecule has 1 N–H and O–H groups in total. The van der Waals surface area contributed by atoms with Gasteiger partial charge in [-0.1, -0.05) is 48.0 Å². The van der Waals surface area contributed by atoms with E-state index in [4.69, 9.17) is 27.9 Å². The topological polar surface area (TPSA) is 104 Å². The normalized spacial score (nSPS) is 30.6. The fraction of sp³-hybridized carbons (Fsp3) is 0.294. The predicted molar refractivity (Wildman–Crippen MR) is 163 cm³/mol. The molecule has 1 saturated carbocycles. The van der Waals surface area contributed by atoms with Crippen LogP contribution in [-0.2, 0) is 25.8 Å². The van der Waals surface area contributed by atoms with Gasteiger partial charge in [0.15, 0.2) is 9.75 Å². The van der Waals surface area contributed by atoms with Crippen LogP contribution in [-0.4, -0.2) is 50.4 Å². The van der Waals surface area contributed by atoms with Crippen LogP contribution in [0, 0.1) is 23.6 Å². The highest BCUT2D eigenvalue weighted by Crippen LogP contribution is 2.66. The molecule has 3 fully saturated rings. The molecule has 4 amide bonds. The number of hydrogen-bond acceptors (Lipinski definition) is 6. The van der Waals surface area contributed by atoms with Crippen LogP contribution < -0.4 is 9.64 Å². The maximum atomic E-state index is 14.4. The molecule has 0 spiro atoms. The van der Waals surface area contributed by atoms with Crippen LogP contribution in [0.5, 0.6) is 11.5 Å². The molecule has 0 radical (unpaired) electrons. The van der Waals surface area contributed by atoms with E-state index >= 15 is 0 Å². The molecule has 45 heavy (non-hydrogen) atoms. The smallest absolute Gasteiger partial charge is 0.258 e. The number of rotatable bonds is 5. The van der Waals surface area contributed by atoms with E-state index in [1.807, 2.05) is 30.3 Å². The van der Waals surface area contributed by atoms with Crippen molar-refractivity contribution in [2.45, 2.75) is 35.1 Å². The summed E-state index contributed by atoms with van der Waals surface area (Å²) in [6, 6.07) is 18.9. The molecule has 0 bridgehead atoms. The van der Waals surface area contributed by atoms with Gasteiger partial charge in [0.05, 0.1) is 17.5 Å². The number of allylic oxidation sites excluding steroid dienone is 2. The second-order valence-corrected chi connectivity index (χ2v) is 13.2. The Morgan fingerprint density at radius 2 is 1.64 bits per heavy atom. The minimum Gasteiger partial charge on any atom is -0.508 e. The number of nitrogens with zero attached hydrogens (tertiary/aromatic N) is 2. The van der Waals surface area contributed by atoms with Gasteiger partial charge in [0, 0.05) is 24.6 Å². The Labute approximate surface area is 268 Å². The van der Waals surface area contributed by atoms with Crippen LogP contribution in [0.15, 0.2) is 84.4 Å². The van der Waals surface area contributed by atoms with E-state index in [2.05, 4.69) is 0 Å². The van der Waals surface area contributed by atoms with Crippen LogP contribution in [0.2, 0.25) is 0 Å². The minimum absolute atomic E-state index is 0.0789. The third-order valence-electron chi connectivity index (χ3n) is 9.68. The summed E-state index contributed by atoms with van der Waals surface area (Å²) >= 11 is 14.6. The van der Waals surface area contributed by atoms with Crippen molar-refractivity contribution in [1.29, 1.82) is 0 Å². The molecular formula is C34H27Cl2FN2O6. The number of phenolic OH excluding ortho intramolecular Hbond substituents is 1. The van der Waals surface area contributed by atoms with Gasteiger partial charge in [-0.25, -0.2) is 9.29 Å². The Hall–Kier alpha value is -4.21. The molecule has 6 unspecified atom stereocenters. The van der Waals surface area contributed by atoms with E-state index in [-0.39, 0.29) is 42.4 Å². The van der Waals surface area contributed by atoms with Gasteiger partial charge in [-0.2, -0.15) is 0 Å². The van der Waals surface area contributed by atoms with Crippen molar-refractivity contribution >= 4 is 52.5 Å². The summed E-state index contributed by atoms with van der Waals surface area (Å²) in [6.07, 6.45) is 1.81. The molecule has 2 aliphatic carbocycles. The van der Waals surface area contributed by atoms with Crippen molar-refractivity contribution in [2.75, 3.05) is 11.9 Å². The van der Waals surface area contributed by atoms with Crippen molar-refractivity contribution < 1.29 is 33.4 Å². The molecule has 8 nitrogen and oxygen atoms in total. The fourth-order valence-corrected chi connectivity index (χ4v) is 8.43. The van der Waals surface area contributed by atoms with E-state index in [1.54, 1.807) is 18.2 Å². The number of carbonyl (C=O) groups excluding carboxylic acids is 4. The van der Waals surface area contributed by atoms with E-state index in [0.29, 0.717) is 11.3 Å². The summed E-state index contributed by atoms with van der Waals surface area (Å²) in [4.78, 5) is 52.7. The Balaban J connectivity index is 1.36. The Kier molecular flexibility index (Phi) is 6.83. The zero-order chi connectivity index (χ0) is 31.8. The second kappa shape index (κ2) is 10.4. The monoisotopic (exact) mass is 648 g/mol. The number of ether oxygens (including phenoxy) is 1. The maximum Gasteiger partial charge on any atom is 0.258 e. The van der Waals surface area contributed by atoms with Crippen molar-refractivity contribution in [1.82, 2.24) is 4.90 Å². The number of carbonyl (C=O) groups is 4. The van der Waals surface area contributed by atoms with Crippen LogP contribution in [0.3, 0.4) is 0 Å². The first-order valence-electron chi connectivity index (χ1n) is 14.5. The summed E-state index contributed by atoms with van der Waals surface area (Å²) in [5, 5.41) is 11.4. The number of imide groups is 2. The van der Waals surface area contributed by atoms with E-state index in [1.165, 1.54) is 25.2 Å². The highest BCUT2D eigenvalue weighted by molar-refractivity contribution is 6.58. The van der Waals surface area contributed by atoms with Gasteiger partial charge in [-0.15, -0.1) is 23.2 Å². The average Bonchev–Trinajstić information content (AvgIpc) is 3.34. The number of anilines is 1. The number of likely N-dealkylation sites (tertiary alicyclic amines) is 1. The zero-order valence-electron chi connectivity index (χ0n) is 24.0. The van der Waals surface area contributed by atoms with E-state index in [9.17, 15) is 28.7 Å². The first-order chi connectivity index (χ1) is 21.5. The first kappa shape index (κ1) is 29.5. The zero-order valence-corrected chi connectivity index (χ0v) is 25.5. The summed E-state index contributed by atoms with van der Waals surface area (Å²) in [5.74, 6) is -6.20. The third-order valence-corrected chi connectivity index (χ3v) is 11.1. The number of aromatic hydroxyl groups is 1. The average molecular weight is 650 g/mol. The maximum absolute atomic E-state index is 14.4. The quantitative estimate of drug-likeness (QED) is 0.229. The SMILES string of the molecule is CN1C(=O)C2CC=C3C(CC4(Cl)C(=O)N(c5ccc(F)cc5)C(=O)C4(Cl)C3c3ccc(OCc4ccccc4)cc3O)C2C1=O. The number of fused-ring (bicyclic) bond motifs is 4. The number of halogens is 3. The Morgan fingerprint density at radius 3 is 2.33 bits per heavy atom. The lowest BCUT2D eigenvalue weighted by Crippen LogP contribution is -2.60. The van der Waals surface area contributed by atoms with Crippen LogP contribution >= 0.6 is 23.2 Å². The van der Waals surface area contributed by atoms with E-state index in [0.717, 1.165) is 27.5 Å². The molecule has 230 valence electrons. The predicted octanol–water partition coefficient (Wildman–Crippen LogP) is 5.30. The van der Waals surface area contributed by atoms with Crippen LogP contribution in [0.4, 0.5) is 10.1 Å². The second-order valence-electron chi connectivity index (χ2n) is 12.0. The molecule has 6 atom stereocenters. The Bertz CT molecular complexity index is 1800. The van der Waals surface area contributed by atoms with Gasteiger partial charge in [0.25, 0.3) is 11.8 Å². The summed E-state index contributed by atoms with van der Waals surface area (Å²) in [6.45, 7) is 0.243. The first-order valence-corrected chi connectivity index (χ1v) is 15.3. The van der Waals surface area contributed by atoms with E-state index < -0.39 is 57.0 Å². The minimum atomic E-state index is -2.14. The summed E-state index contributed by atoms with van der Waals surface area (Å²) < 4.78 is 19.7. The number of benzene rings is 3. The number of alkyl halides is 2. The third kappa shape index (κ3) is 4.17. The van der Waals surface area contributed by atoms with Gasteiger partial charge in [0.2, 0.25) is 11.8 Å². The van der Waals surface area contributed by atoms with Gasteiger partial charge < -0.3 is 9.84 Å². The lowest BCUT2D eigenvalue weighted by Gasteiger charge is -2.50. The number of amides is 4. The van der Waals surface area contributed by atoms with Gasteiger partial charge >= 0.3 is 0 Å². The highest BCUT2D eigenvalue weighted by atomic mass is 35.5. The molecule has 2 saturated heterocycles. The molecule has 7 rings (SSSR count). The van der Waals surface area contributed by atoms with Crippen LogP contribution in [0.1, 0.15) is 29.9 Å². The van der Waals surface area contributed by atoms with Crippen molar-refractivity contribution in [3.63, 3.8) is 0 Å². The lowest BCUT2D eigenvalue weighted by atomic mass is 9.56. The molecule has 3 aromatic rings. The Morgan fingerprint density at radius 1 is 0.933 bits per heavy atom. The molecule has 0 aromatic heterocycles. The van der Waals surface area contributed by atoms with Crippen LogP contribution in [0.25, 0.3) is 0 Å². The molecule has 3 aromatic carbocycles. The highest BCUT2D eigenvalue weighted by Gasteiger charge is 2.76. The van der Waals surface area contributed by atoms with Crippen molar-refractivity contribution in [3.05, 3.63) is 101 Å². The number of phenols is 1. The fourth-order valence-electron chi connectivity index (χ4n) is 7.50. The van der Waals surface area contributed by atoms with Gasteiger partial charge in [0.1, 0.15) is 23.9 Å². The van der Waals surface area contributed by atoms with Gasteiger partial charge in [-0.05, 0) is 54.7 Å². The van der Waals surface area contributed by atoms with Crippen molar-refractivity contribution in [2.24, 2.45) is 17.8 Å². The van der Waals surface area contributed by atoms with Gasteiger partial charge in [-0.3, -0.25) is 24.1 Å². The summed E-state index contributed by atoms with van der Waals surface area (Å²) in [5.41, 5.74) is 1.76. The van der Waals surface area contributed by atoms with Crippen molar-refractivity contribution in [3.8, 4) is 11.5 Å². The molecule has 11 heteroatoms. The molecular weight excluding hydrogens is 622 g/mol. The molecule has 2 heterocycles. The largest absolute Gasteiger partial charge is 0.508 e. The number of hydrogen-bond donors (Lipinski definition) is 1.